The molecule has 2 fully saturated rings. The fourth-order valence-corrected chi connectivity index (χ4v) is 4.50. The molecule has 1 aliphatic carbocycles. The van der Waals surface area contributed by atoms with E-state index in [1.54, 1.807) is 7.11 Å². The number of carbonyl (C=O) groups excluding carboxylic acids is 2. The molecule has 1 heterocycles. The molecule has 1 saturated heterocycles. The van der Waals surface area contributed by atoms with Crippen molar-refractivity contribution in [2.75, 3.05) is 33.1 Å². The van der Waals surface area contributed by atoms with Crippen molar-refractivity contribution >= 4 is 17.5 Å². The van der Waals surface area contributed by atoms with Crippen LogP contribution in [0.1, 0.15) is 33.1 Å². The first kappa shape index (κ1) is 19.5. The highest BCUT2D eigenvalue weighted by atomic mass is 16.5. The molecule has 0 spiro atoms. The molecule has 0 unspecified atom stereocenters. The fraction of sp³-hybridized carbons (Fsp3) is 0.619. The standard InChI is InChI=1S/C21H31N3O3/c1-21(2,22-16-6-8-18(27-5)9-7-16)20(26)24(4)17-10-14-12-19(25)23(3)13-15(14)11-17/h6-9,14-15,17,22H,10-13H2,1-5H3/t14-,15+,17-/m1/s1. The topological polar surface area (TPSA) is 61.9 Å². The SMILES string of the molecule is COc1ccc(NC(C)(C)C(=O)N(C)[C@@H]2C[C@@H]3CC(=O)N(C)C[C@@H]3C2)cc1. The zero-order valence-electron chi connectivity index (χ0n) is 17.0. The normalized spacial score (nSPS) is 25.1. The van der Waals surface area contributed by atoms with Gasteiger partial charge in [0.05, 0.1) is 7.11 Å². The number of rotatable bonds is 5. The summed E-state index contributed by atoms with van der Waals surface area (Å²) < 4.78 is 5.18. The molecule has 6 nitrogen and oxygen atoms in total. The van der Waals surface area contributed by atoms with Gasteiger partial charge in [-0.15, -0.1) is 0 Å². The minimum Gasteiger partial charge on any atom is -0.497 e. The van der Waals surface area contributed by atoms with Crippen LogP contribution in [0, 0.1) is 11.8 Å². The van der Waals surface area contributed by atoms with Gasteiger partial charge in [-0.1, -0.05) is 0 Å². The van der Waals surface area contributed by atoms with Crippen LogP contribution in [0.2, 0.25) is 0 Å². The van der Waals surface area contributed by atoms with E-state index in [-0.39, 0.29) is 17.9 Å². The van der Waals surface area contributed by atoms with Crippen molar-refractivity contribution in [1.29, 1.82) is 0 Å². The number of piperidine rings is 1. The summed E-state index contributed by atoms with van der Waals surface area (Å²) in [6.45, 7) is 4.64. The third-order valence-electron chi connectivity index (χ3n) is 6.14. The third kappa shape index (κ3) is 4.04. The number of nitrogens with one attached hydrogen (secondary N) is 1. The number of likely N-dealkylation sites (N-methyl/N-ethyl adjacent to an activating group) is 1. The molecule has 1 aromatic carbocycles. The van der Waals surface area contributed by atoms with E-state index in [9.17, 15) is 9.59 Å². The number of hydrogen-bond donors (Lipinski definition) is 1. The van der Waals surface area contributed by atoms with Crippen LogP contribution in [0.15, 0.2) is 24.3 Å². The van der Waals surface area contributed by atoms with Crippen LogP contribution < -0.4 is 10.1 Å². The van der Waals surface area contributed by atoms with Crippen molar-refractivity contribution in [3.05, 3.63) is 24.3 Å². The molecule has 0 radical (unpaired) electrons. The van der Waals surface area contributed by atoms with Crippen molar-refractivity contribution < 1.29 is 14.3 Å². The molecular weight excluding hydrogens is 342 g/mol. The number of methoxy groups -OCH3 is 1. The summed E-state index contributed by atoms with van der Waals surface area (Å²) in [5.41, 5.74) is 0.166. The molecule has 1 aliphatic heterocycles. The van der Waals surface area contributed by atoms with Crippen molar-refractivity contribution in [3.63, 3.8) is 0 Å². The summed E-state index contributed by atoms with van der Waals surface area (Å²) in [6, 6.07) is 7.78. The monoisotopic (exact) mass is 373 g/mol. The molecule has 1 aromatic rings. The van der Waals surface area contributed by atoms with E-state index in [0.29, 0.717) is 18.3 Å². The van der Waals surface area contributed by atoms with Gasteiger partial charge in [0, 0.05) is 38.8 Å². The van der Waals surface area contributed by atoms with Crippen molar-refractivity contribution in [3.8, 4) is 5.75 Å². The average molecular weight is 373 g/mol. The molecule has 6 heteroatoms. The Morgan fingerprint density at radius 1 is 1.22 bits per heavy atom. The third-order valence-corrected chi connectivity index (χ3v) is 6.14. The van der Waals surface area contributed by atoms with E-state index in [4.69, 9.17) is 4.74 Å². The number of fused-ring (bicyclic) bond motifs is 1. The Balaban J connectivity index is 1.64. The molecule has 1 N–H and O–H groups in total. The van der Waals surface area contributed by atoms with Gasteiger partial charge in [-0.05, 0) is 62.8 Å². The summed E-state index contributed by atoms with van der Waals surface area (Å²) in [7, 11) is 5.41. The highest BCUT2D eigenvalue weighted by Crippen LogP contribution is 2.40. The number of ether oxygens (including phenoxy) is 1. The van der Waals surface area contributed by atoms with Crippen molar-refractivity contribution in [2.45, 2.75) is 44.7 Å². The lowest BCUT2D eigenvalue weighted by Crippen LogP contribution is -2.51. The highest BCUT2D eigenvalue weighted by molar-refractivity contribution is 5.88. The summed E-state index contributed by atoms with van der Waals surface area (Å²) in [4.78, 5) is 28.9. The summed E-state index contributed by atoms with van der Waals surface area (Å²) in [5, 5.41) is 3.34. The van der Waals surface area contributed by atoms with E-state index in [2.05, 4.69) is 5.32 Å². The van der Waals surface area contributed by atoms with Gasteiger partial charge >= 0.3 is 0 Å². The van der Waals surface area contributed by atoms with E-state index in [0.717, 1.165) is 30.8 Å². The van der Waals surface area contributed by atoms with Crippen LogP contribution in [0.25, 0.3) is 0 Å². The van der Waals surface area contributed by atoms with Crippen LogP contribution in [0.3, 0.4) is 0 Å². The first-order chi connectivity index (χ1) is 12.7. The second-order valence-corrected chi connectivity index (χ2v) is 8.52. The van der Waals surface area contributed by atoms with Crippen molar-refractivity contribution in [2.24, 2.45) is 11.8 Å². The maximum Gasteiger partial charge on any atom is 0.247 e. The Labute approximate surface area is 161 Å². The fourth-order valence-electron chi connectivity index (χ4n) is 4.50. The second-order valence-electron chi connectivity index (χ2n) is 8.52. The highest BCUT2D eigenvalue weighted by Gasteiger charge is 2.44. The molecule has 0 aromatic heterocycles. The van der Waals surface area contributed by atoms with Crippen molar-refractivity contribution in [1.82, 2.24) is 9.80 Å². The predicted octanol–water partition coefficient (Wildman–Crippen LogP) is 2.60. The Morgan fingerprint density at radius 2 is 1.85 bits per heavy atom. The van der Waals surface area contributed by atoms with Crippen LogP contribution >= 0.6 is 0 Å². The zero-order valence-corrected chi connectivity index (χ0v) is 17.0. The number of amides is 2. The minimum atomic E-state index is -0.719. The van der Waals surface area contributed by atoms with Gasteiger partial charge in [0.25, 0.3) is 0 Å². The average Bonchev–Trinajstić information content (AvgIpc) is 3.03. The molecule has 3 atom stereocenters. The van der Waals surface area contributed by atoms with E-state index in [1.165, 1.54) is 0 Å². The quantitative estimate of drug-likeness (QED) is 0.862. The molecule has 148 valence electrons. The minimum absolute atomic E-state index is 0.0710. The van der Waals surface area contributed by atoms with Crippen LogP contribution in [0.4, 0.5) is 5.69 Å². The number of hydrogen-bond acceptors (Lipinski definition) is 4. The van der Waals surface area contributed by atoms with E-state index in [1.807, 2.05) is 62.0 Å². The molecule has 2 aliphatic rings. The zero-order chi connectivity index (χ0) is 19.8. The van der Waals surface area contributed by atoms with Gasteiger partial charge in [0.15, 0.2) is 0 Å². The van der Waals surface area contributed by atoms with E-state index >= 15 is 0 Å². The van der Waals surface area contributed by atoms with Gasteiger partial charge in [-0.3, -0.25) is 9.59 Å². The number of anilines is 1. The molecule has 2 amide bonds. The van der Waals surface area contributed by atoms with Crippen LogP contribution in [0.5, 0.6) is 5.75 Å². The second kappa shape index (κ2) is 7.41. The van der Waals surface area contributed by atoms with Crippen LogP contribution in [-0.2, 0) is 9.59 Å². The van der Waals surface area contributed by atoms with Gasteiger partial charge < -0.3 is 19.9 Å². The van der Waals surface area contributed by atoms with E-state index < -0.39 is 5.54 Å². The van der Waals surface area contributed by atoms with Gasteiger partial charge in [0.1, 0.15) is 11.3 Å². The predicted molar refractivity (Wildman–Crippen MR) is 106 cm³/mol. The Morgan fingerprint density at radius 3 is 2.48 bits per heavy atom. The van der Waals surface area contributed by atoms with Crippen LogP contribution in [-0.4, -0.2) is 60.9 Å². The maximum atomic E-state index is 13.2. The summed E-state index contributed by atoms with van der Waals surface area (Å²) in [5.74, 6) is 2.00. The number of benzene rings is 1. The molecule has 3 rings (SSSR count). The van der Waals surface area contributed by atoms with Gasteiger partial charge in [0.2, 0.25) is 11.8 Å². The smallest absolute Gasteiger partial charge is 0.247 e. The number of nitrogens with zero attached hydrogens (tertiary/aromatic N) is 2. The molecule has 1 saturated carbocycles. The van der Waals surface area contributed by atoms with Gasteiger partial charge in [-0.2, -0.15) is 0 Å². The van der Waals surface area contributed by atoms with Gasteiger partial charge in [-0.25, -0.2) is 0 Å². The number of carbonyl (C=O) groups is 2. The maximum absolute atomic E-state index is 13.2. The largest absolute Gasteiger partial charge is 0.497 e. The first-order valence-corrected chi connectivity index (χ1v) is 9.64. The molecular formula is C21H31N3O3. The lowest BCUT2D eigenvalue weighted by molar-refractivity contribution is -0.136. The molecule has 27 heavy (non-hydrogen) atoms. The Hall–Kier alpha value is -2.24. The summed E-state index contributed by atoms with van der Waals surface area (Å²) in [6.07, 6.45) is 2.52. The molecule has 0 bridgehead atoms. The Bertz CT molecular complexity index is 701. The lowest BCUT2D eigenvalue weighted by Gasteiger charge is -2.34. The first-order valence-electron chi connectivity index (χ1n) is 9.64. The Kier molecular flexibility index (Phi) is 5.36. The summed E-state index contributed by atoms with van der Waals surface area (Å²) >= 11 is 0. The lowest BCUT2D eigenvalue weighted by atomic mass is 9.88. The number of likely N-dealkylation sites (tertiary alicyclic amines) is 1.